The molecule has 55 heavy (non-hydrogen) atoms. The average Bonchev–Trinajstić information content (AvgIpc) is 3.83. The van der Waals surface area contributed by atoms with E-state index in [0.29, 0.717) is 5.92 Å². The van der Waals surface area contributed by atoms with Crippen LogP contribution in [-0.4, -0.2) is 0 Å². The summed E-state index contributed by atoms with van der Waals surface area (Å²) in [5, 5.41) is 8.21. The van der Waals surface area contributed by atoms with Gasteiger partial charge in [-0.1, -0.05) is 121 Å². The first-order valence-electron chi connectivity index (χ1n) is 19.2. The van der Waals surface area contributed by atoms with E-state index in [1.165, 1.54) is 33.4 Å². The van der Waals surface area contributed by atoms with Crippen molar-refractivity contribution in [2.45, 2.75) is 25.2 Å². The predicted molar refractivity (Wildman–Crippen MR) is 230 cm³/mol. The van der Waals surface area contributed by atoms with E-state index in [2.05, 4.69) is 169 Å². The minimum absolute atomic E-state index is 0.393. The molecule has 1 unspecified atom stereocenters. The van der Waals surface area contributed by atoms with Gasteiger partial charge in [0.15, 0.2) is 0 Å². The highest BCUT2D eigenvalue weighted by molar-refractivity contribution is 6.17. The lowest BCUT2D eigenvalue weighted by Crippen LogP contribution is -2.05. The highest BCUT2D eigenvalue weighted by atomic mass is 16.3. The lowest BCUT2D eigenvalue weighted by molar-refractivity contribution is 0.668. The van der Waals surface area contributed by atoms with Crippen molar-refractivity contribution in [3.8, 4) is 22.3 Å². The quantitative estimate of drug-likeness (QED) is 0.187. The van der Waals surface area contributed by atoms with Crippen LogP contribution in [0.15, 0.2) is 179 Å². The van der Waals surface area contributed by atoms with Gasteiger partial charge in [0.25, 0.3) is 0 Å². The van der Waals surface area contributed by atoms with Gasteiger partial charge < -0.3 is 14.2 Å². The van der Waals surface area contributed by atoms with Gasteiger partial charge in [0.05, 0.1) is 11.1 Å². The Morgan fingerprint density at radius 2 is 1.31 bits per heavy atom. The number of fused-ring (bicyclic) bond motifs is 7. The van der Waals surface area contributed by atoms with Gasteiger partial charge in [-0.05, 0) is 124 Å². The first-order chi connectivity index (χ1) is 27.2. The van der Waals surface area contributed by atoms with E-state index in [1.54, 1.807) is 0 Å². The summed E-state index contributed by atoms with van der Waals surface area (Å²) in [6, 6.07) is 51.7. The largest absolute Gasteiger partial charge is 0.456 e. The highest BCUT2D eigenvalue weighted by Crippen LogP contribution is 2.42. The minimum atomic E-state index is 0.393. The van der Waals surface area contributed by atoms with Crippen molar-refractivity contribution in [2.75, 3.05) is 5.32 Å². The third kappa shape index (κ3) is 5.51. The van der Waals surface area contributed by atoms with Crippen molar-refractivity contribution in [3.05, 3.63) is 192 Å². The molecule has 0 saturated heterocycles. The van der Waals surface area contributed by atoms with Gasteiger partial charge in [0, 0.05) is 27.8 Å². The van der Waals surface area contributed by atoms with Crippen LogP contribution >= 0.6 is 0 Å². The molecule has 262 valence electrons. The zero-order chi connectivity index (χ0) is 36.3. The molecule has 3 nitrogen and oxygen atoms in total. The van der Waals surface area contributed by atoms with E-state index >= 15 is 0 Å². The molecule has 0 fully saturated rings. The van der Waals surface area contributed by atoms with E-state index in [-0.39, 0.29) is 0 Å². The maximum atomic E-state index is 6.49. The maximum absolute atomic E-state index is 6.49. The number of anilines is 2. The second-order valence-corrected chi connectivity index (χ2v) is 14.8. The van der Waals surface area contributed by atoms with Crippen LogP contribution in [0.1, 0.15) is 41.0 Å². The Labute approximate surface area is 319 Å². The van der Waals surface area contributed by atoms with Crippen LogP contribution in [0.2, 0.25) is 0 Å². The van der Waals surface area contributed by atoms with Crippen LogP contribution in [0.3, 0.4) is 0 Å². The third-order valence-electron chi connectivity index (χ3n) is 11.5. The van der Waals surface area contributed by atoms with Gasteiger partial charge in [-0.15, -0.1) is 0 Å². The van der Waals surface area contributed by atoms with Crippen LogP contribution in [0.5, 0.6) is 0 Å². The van der Waals surface area contributed by atoms with Crippen molar-refractivity contribution in [2.24, 2.45) is 0 Å². The molecule has 11 rings (SSSR count). The molecule has 1 N–H and O–H groups in total. The van der Waals surface area contributed by atoms with Crippen LogP contribution in [0.4, 0.5) is 11.4 Å². The number of nitrogens with one attached hydrogen (secondary N) is 1. The Hall–Kier alpha value is -6.84. The number of para-hydroxylation sites is 1. The zero-order valence-electron chi connectivity index (χ0n) is 30.3. The van der Waals surface area contributed by atoms with Gasteiger partial charge in [-0.2, -0.15) is 0 Å². The molecule has 2 aliphatic rings. The van der Waals surface area contributed by atoms with Crippen molar-refractivity contribution < 1.29 is 8.83 Å². The SMILES string of the molecule is C1=Cc2c(cccc2C2C=CC(c3cccc(-c4cccc5oc6cccc(Nc7ccc(-c8ccc9c(c8)oc8ccccc89)cc7)c6c45)c3)=CC2)CC1. The fourth-order valence-corrected chi connectivity index (χ4v) is 8.77. The lowest BCUT2D eigenvalue weighted by Gasteiger charge is -2.22. The summed E-state index contributed by atoms with van der Waals surface area (Å²) in [6.07, 6.45) is 15.0. The van der Waals surface area contributed by atoms with E-state index < -0.39 is 0 Å². The summed E-state index contributed by atoms with van der Waals surface area (Å²) < 4.78 is 12.7. The number of allylic oxidation sites excluding steroid dienone is 5. The molecule has 0 radical (unpaired) electrons. The molecular weight excluding hydrogens is 671 g/mol. The normalized spacial score (nSPS) is 15.2. The molecule has 0 bridgehead atoms. The first kappa shape index (κ1) is 31.7. The molecule has 0 amide bonds. The van der Waals surface area contributed by atoms with Gasteiger partial charge in [0.2, 0.25) is 0 Å². The van der Waals surface area contributed by atoms with E-state index in [1.807, 2.05) is 12.1 Å². The lowest BCUT2D eigenvalue weighted by atomic mass is 9.82. The molecule has 2 aromatic heterocycles. The molecular formula is C52H37NO2. The molecule has 9 aromatic rings. The second kappa shape index (κ2) is 12.9. The molecule has 3 heteroatoms. The van der Waals surface area contributed by atoms with Crippen LogP contribution < -0.4 is 5.32 Å². The second-order valence-electron chi connectivity index (χ2n) is 14.8. The molecule has 2 aliphatic carbocycles. The fraction of sp³-hybridized carbons (Fsp3) is 0.0769. The summed E-state index contributed by atoms with van der Waals surface area (Å²) in [4.78, 5) is 0. The average molecular weight is 708 g/mol. The van der Waals surface area contributed by atoms with Crippen LogP contribution in [-0.2, 0) is 6.42 Å². The van der Waals surface area contributed by atoms with Crippen molar-refractivity contribution >= 4 is 66.9 Å². The Morgan fingerprint density at radius 1 is 0.545 bits per heavy atom. The number of hydrogen-bond acceptors (Lipinski definition) is 3. The topological polar surface area (TPSA) is 38.3 Å². The van der Waals surface area contributed by atoms with Gasteiger partial charge in [0.1, 0.15) is 22.3 Å². The first-order valence-corrected chi connectivity index (χ1v) is 19.2. The van der Waals surface area contributed by atoms with Gasteiger partial charge >= 0.3 is 0 Å². The number of aryl methyl sites for hydroxylation is 1. The summed E-state index contributed by atoms with van der Waals surface area (Å²) in [5.74, 6) is 0.393. The van der Waals surface area contributed by atoms with Crippen molar-refractivity contribution in [3.63, 3.8) is 0 Å². The minimum Gasteiger partial charge on any atom is -0.456 e. The van der Waals surface area contributed by atoms with E-state index in [0.717, 1.165) is 91.2 Å². The maximum Gasteiger partial charge on any atom is 0.137 e. The Morgan fingerprint density at radius 3 is 2.22 bits per heavy atom. The van der Waals surface area contributed by atoms with Crippen molar-refractivity contribution in [1.82, 2.24) is 0 Å². The molecule has 2 heterocycles. The molecule has 7 aromatic carbocycles. The number of benzene rings is 7. The predicted octanol–water partition coefficient (Wildman–Crippen LogP) is 14.6. The summed E-state index contributed by atoms with van der Waals surface area (Å²) in [5.41, 5.74) is 17.0. The highest BCUT2D eigenvalue weighted by Gasteiger charge is 2.20. The molecule has 0 aliphatic heterocycles. The smallest absolute Gasteiger partial charge is 0.137 e. The number of rotatable bonds is 6. The summed E-state index contributed by atoms with van der Waals surface area (Å²) in [7, 11) is 0. The molecule has 0 saturated carbocycles. The Bertz CT molecular complexity index is 3040. The monoisotopic (exact) mass is 707 g/mol. The summed E-state index contributed by atoms with van der Waals surface area (Å²) >= 11 is 0. The Balaban J connectivity index is 0.898. The van der Waals surface area contributed by atoms with Crippen molar-refractivity contribution in [1.29, 1.82) is 0 Å². The summed E-state index contributed by atoms with van der Waals surface area (Å²) in [6.45, 7) is 0. The number of furan rings is 2. The van der Waals surface area contributed by atoms with Crippen LogP contribution in [0.25, 0.3) is 77.8 Å². The Kier molecular flexibility index (Phi) is 7.44. The van der Waals surface area contributed by atoms with Gasteiger partial charge in [-0.25, -0.2) is 0 Å². The molecule has 1 atom stereocenters. The van der Waals surface area contributed by atoms with E-state index in [9.17, 15) is 0 Å². The number of hydrogen-bond donors (Lipinski definition) is 1. The molecule has 0 spiro atoms. The third-order valence-corrected chi connectivity index (χ3v) is 11.5. The van der Waals surface area contributed by atoms with Gasteiger partial charge in [-0.3, -0.25) is 0 Å². The van der Waals surface area contributed by atoms with Crippen LogP contribution in [0, 0.1) is 0 Å². The standard InChI is InChI=1S/C52H37NO2/c1-2-13-41-35(9-1)10-6-15-42(41)36-23-21-33(22-24-36)37-11-5-12-39(31-37)43-16-7-19-48-51(43)52-46(17-8-20-49(52)55-48)53-40-28-25-34(26-29-40)38-27-30-45-44-14-3-4-18-47(44)54-50(45)32-38/h2-8,10-23,25-32,36,53H,1,9,24H2. The zero-order valence-corrected chi connectivity index (χ0v) is 30.3. The fourth-order valence-electron chi connectivity index (χ4n) is 8.77. The van der Waals surface area contributed by atoms with E-state index in [4.69, 9.17) is 8.83 Å².